The largest absolute Gasteiger partial charge is 0.454 e. The molecule has 136 valence electrons. The van der Waals surface area contributed by atoms with Crippen LogP contribution in [0.5, 0.6) is 11.5 Å². The van der Waals surface area contributed by atoms with E-state index in [1.807, 2.05) is 24.3 Å². The van der Waals surface area contributed by atoms with Gasteiger partial charge < -0.3 is 14.8 Å². The number of carbonyl (C=O) groups is 2. The molecule has 2 heterocycles. The van der Waals surface area contributed by atoms with Crippen molar-refractivity contribution in [1.29, 1.82) is 0 Å². The summed E-state index contributed by atoms with van der Waals surface area (Å²) in [5, 5.41) is 2.75. The van der Waals surface area contributed by atoms with Gasteiger partial charge in [-0.25, -0.2) is 0 Å². The first-order valence-corrected chi connectivity index (χ1v) is 9.32. The summed E-state index contributed by atoms with van der Waals surface area (Å²) in [6, 6.07) is 14.5. The van der Waals surface area contributed by atoms with Crippen LogP contribution in [0.25, 0.3) is 6.08 Å². The normalized spacial score (nSPS) is 16.9. The summed E-state index contributed by atoms with van der Waals surface area (Å²) in [5.41, 5.74) is 1.47. The molecule has 1 N–H and O–H groups in total. The van der Waals surface area contributed by atoms with Gasteiger partial charge in [0, 0.05) is 5.69 Å². The molecular formula is C19H14N2O4S2. The molecule has 2 amide bonds. The van der Waals surface area contributed by atoms with E-state index < -0.39 is 0 Å². The third-order valence-electron chi connectivity index (χ3n) is 3.93. The van der Waals surface area contributed by atoms with Crippen LogP contribution in [0, 0.1) is 0 Å². The Balaban J connectivity index is 1.46. The number of hydrogen-bond acceptors (Lipinski definition) is 6. The predicted octanol–water partition coefficient (Wildman–Crippen LogP) is 3.26. The third-order valence-corrected chi connectivity index (χ3v) is 5.31. The van der Waals surface area contributed by atoms with Crippen LogP contribution in [0.15, 0.2) is 53.4 Å². The minimum atomic E-state index is -0.304. The number of amides is 2. The number of thiocarbonyl (C=S) groups is 1. The van der Waals surface area contributed by atoms with Crippen LogP contribution in [0.4, 0.5) is 5.69 Å². The van der Waals surface area contributed by atoms with Gasteiger partial charge in [-0.15, -0.1) is 0 Å². The maximum Gasteiger partial charge on any atom is 0.266 e. The second-order valence-electron chi connectivity index (χ2n) is 5.79. The Kier molecular flexibility index (Phi) is 4.83. The van der Waals surface area contributed by atoms with Crippen LogP contribution < -0.4 is 14.8 Å². The van der Waals surface area contributed by atoms with Gasteiger partial charge in [0.15, 0.2) is 11.5 Å². The van der Waals surface area contributed by atoms with Crippen molar-refractivity contribution in [2.45, 2.75) is 0 Å². The number of para-hydroxylation sites is 1. The zero-order valence-corrected chi connectivity index (χ0v) is 15.6. The second-order valence-corrected chi connectivity index (χ2v) is 7.47. The van der Waals surface area contributed by atoms with E-state index in [2.05, 4.69) is 5.32 Å². The predicted molar refractivity (Wildman–Crippen MR) is 108 cm³/mol. The first-order valence-electron chi connectivity index (χ1n) is 8.10. The molecule has 2 aliphatic rings. The number of thioether (sulfide) groups is 1. The van der Waals surface area contributed by atoms with Gasteiger partial charge in [0.2, 0.25) is 12.7 Å². The summed E-state index contributed by atoms with van der Waals surface area (Å²) in [6.07, 6.45) is 1.73. The van der Waals surface area contributed by atoms with E-state index in [1.165, 1.54) is 16.7 Å². The highest BCUT2D eigenvalue weighted by molar-refractivity contribution is 8.26. The maximum absolute atomic E-state index is 12.7. The van der Waals surface area contributed by atoms with Gasteiger partial charge in [-0.3, -0.25) is 14.5 Å². The Bertz CT molecular complexity index is 959. The average molecular weight is 398 g/mol. The molecule has 0 spiro atoms. The molecular weight excluding hydrogens is 384 g/mol. The fourth-order valence-corrected chi connectivity index (χ4v) is 3.91. The highest BCUT2D eigenvalue weighted by Crippen LogP contribution is 2.36. The molecule has 0 aliphatic carbocycles. The summed E-state index contributed by atoms with van der Waals surface area (Å²) < 4.78 is 11.0. The van der Waals surface area contributed by atoms with Crippen LogP contribution in [0.2, 0.25) is 0 Å². The molecule has 0 aromatic heterocycles. The summed E-state index contributed by atoms with van der Waals surface area (Å²) in [4.78, 5) is 26.7. The van der Waals surface area contributed by atoms with Crippen molar-refractivity contribution in [2.75, 3.05) is 18.7 Å². The maximum atomic E-state index is 12.7. The van der Waals surface area contributed by atoms with Gasteiger partial charge in [0.05, 0.1) is 4.91 Å². The Morgan fingerprint density at radius 3 is 2.78 bits per heavy atom. The highest BCUT2D eigenvalue weighted by Gasteiger charge is 2.33. The van der Waals surface area contributed by atoms with E-state index in [9.17, 15) is 9.59 Å². The minimum Gasteiger partial charge on any atom is -0.454 e. The Morgan fingerprint density at radius 1 is 1.19 bits per heavy atom. The molecule has 0 radical (unpaired) electrons. The lowest BCUT2D eigenvalue weighted by atomic mass is 10.2. The number of benzene rings is 2. The zero-order chi connectivity index (χ0) is 18.8. The SMILES string of the molecule is O=C(CN1C(=O)/C(=C\c2ccc3c(c2)OCO3)SC1=S)Nc1ccccc1. The Hall–Kier alpha value is -2.84. The fraction of sp³-hybridized carbons (Fsp3) is 0.105. The van der Waals surface area contributed by atoms with E-state index >= 15 is 0 Å². The molecule has 0 bridgehead atoms. The zero-order valence-electron chi connectivity index (χ0n) is 14.0. The second kappa shape index (κ2) is 7.42. The monoisotopic (exact) mass is 398 g/mol. The van der Waals surface area contributed by atoms with Crippen LogP contribution in [-0.4, -0.2) is 34.4 Å². The number of nitrogens with one attached hydrogen (secondary N) is 1. The molecule has 0 atom stereocenters. The molecule has 0 saturated carbocycles. The van der Waals surface area contributed by atoms with Crippen molar-refractivity contribution in [2.24, 2.45) is 0 Å². The highest BCUT2D eigenvalue weighted by atomic mass is 32.2. The van der Waals surface area contributed by atoms with Gasteiger partial charge in [0.1, 0.15) is 10.9 Å². The summed E-state index contributed by atoms with van der Waals surface area (Å²) in [6.45, 7) is 0.0649. The van der Waals surface area contributed by atoms with Crippen LogP contribution in [0.3, 0.4) is 0 Å². The minimum absolute atomic E-state index is 0.127. The lowest BCUT2D eigenvalue weighted by Gasteiger charge is -2.14. The van der Waals surface area contributed by atoms with Crippen LogP contribution in [-0.2, 0) is 9.59 Å². The molecule has 0 unspecified atom stereocenters. The number of fused-ring (bicyclic) bond motifs is 1. The van der Waals surface area contributed by atoms with E-state index in [-0.39, 0.29) is 25.2 Å². The van der Waals surface area contributed by atoms with Crippen molar-refractivity contribution in [3.8, 4) is 11.5 Å². The van der Waals surface area contributed by atoms with Crippen molar-refractivity contribution >= 4 is 51.9 Å². The third kappa shape index (κ3) is 3.81. The molecule has 2 aromatic carbocycles. The summed E-state index contributed by atoms with van der Waals surface area (Å²) in [7, 11) is 0. The Labute approximate surface area is 165 Å². The quantitative estimate of drug-likeness (QED) is 0.630. The molecule has 1 fully saturated rings. The van der Waals surface area contributed by atoms with E-state index in [1.54, 1.807) is 30.3 Å². The van der Waals surface area contributed by atoms with E-state index in [0.717, 1.165) is 5.56 Å². The number of rotatable bonds is 4. The number of carbonyl (C=O) groups excluding carboxylic acids is 2. The van der Waals surface area contributed by atoms with Crippen molar-refractivity contribution in [3.05, 3.63) is 59.0 Å². The van der Waals surface area contributed by atoms with Crippen molar-refractivity contribution < 1.29 is 19.1 Å². The molecule has 8 heteroatoms. The van der Waals surface area contributed by atoms with Gasteiger partial charge in [-0.1, -0.05) is 48.2 Å². The van der Waals surface area contributed by atoms with Crippen LogP contribution >= 0.6 is 24.0 Å². The lowest BCUT2D eigenvalue weighted by Crippen LogP contribution is -2.36. The van der Waals surface area contributed by atoms with E-state index in [4.69, 9.17) is 21.7 Å². The molecule has 1 saturated heterocycles. The van der Waals surface area contributed by atoms with Gasteiger partial charge in [-0.05, 0) is 35.9 Å². The first-order chi connectivity index (χ1) is 13.1. The fourth-order valence-electron chi connectivity index (χ4n) is 2.66. The van der Waals surface area contributed by atoms with Gasteiger partial charge in [0.25, 0.3) is 5.91 Å². The molecule has 4 rings (SSSR count). The average Bonchev–Trinajstić information content (AvgIpc) is 3.22. The number of ether oxygens (including phenoxy) is 2. The molecule has 2 aromatic rings. The summed E-state index contributed by atoms with van der Waals surface area (Å²) >= 11 is 6.45. The van der Waals surface area contributed by atoms with Crippen LogP contribution in [0.1, 0.15) is 5.56 Å². The first kappa shape index (κ1) is 17.6. The number of anilines is 1. The lowest BCUT2D eigenvalue weighted by molar-refractivity contribution is -0.126. The molecule has 27 heavy (non-hydrogen) atoms. The number of hydrogen-bond donors (Lipinski definition) is 1. The smallest absolute Gasteiger partial charge is 0.266 e. The topological polar surface area (TPSA) is 67.9 Å². The van der Waals surface area contributed by atoms with Crippen molar-refractivity contribution in [3.63, 3.8) is 0 Å². The van der Waals surface area contributed by atoms with Gasteiger partial charge >= 0.3 is 0 Å². The molecule has 2 aliphatic heterocycles. The van der Waals surface area contributed by atoms with Crippen molar-refractivity contribution in [1.82, 2.24) is 4.90 Å². The Morgan fingerprint density at radius 2 is 1.96 bits per heavy atom. The van der Waals surface area contributed by atoms with E-state index in [0.29, 0.717) is 26.4 Å². The standard InChI is InChI=1S/C19H14N2O4S2/c22-17(20-13-4-2-1-3-5-13)10-21-18(23)16(27-19(21)26)9-12-6-7-14-15(8-12)25-11-24-14/h1-9H,10-11H2,(H,20,22)/b16-9+. The number of nitrogens with zero attached hydrogens (tertiary/aromatic N) is 1. The molecule has 6 nitrogen and oxygen atoms in total. The van der Waals surface area contributed by atoms with Gasteiger partial charge in [-0.2, -0.15) is 0 Å². The summed E-state index contributed by atoms with van der Waals surface area (Å²) in [5.74, 6) is 0.728.